The van der Waals surface area contributed by atoms with Gasteiger partial charge < -0.3 is 9.30 Å². The van der Waals surface area contributed by atoms with E-state index in [1.165, 1.54) is 0 Å². The van der Waals surface area contributed by atoms with Gasteiger partial charge in [-0.1, -0.05) is 48.2 Å². The highest BCUT2D eigenvalue weighted by atomic mass is 32.2. The van der Waals surface area contributed by atoms with Gasteiger partial charge in [0.15, 0.2) is 5.16 Å². The predicted molar refractivity (Wildman–Crippen MR) is 92.9 cm³/mol. The Balaban J connectivity index is 1.74. The molecule has 2 aromatic carbocycles. The van der Waals surface area contributed by atoms with Crippen LogP contribution in [-0.4, -0.2) is 14.8 Å². The summed E-state index contributed by atoms with van der Waals surface area (Å²) >= 11 is 1.67. The number of ether oxygens (including phenoxy) is 1. The van der Waals surface area contributed by atoms with Gasteiger partial charge >= 0.3 is 0 Å². The highest BCUT2D eigenvalue weighted by Crippen LogP contribution is 2.30. The first-order valence-electron chi connectivity index (χ1n) is 7.57. The fraction of sp³-hybridized carbons (Fsp3) is 0.222. The third kappa shape index (κ3) is 3.93. The molecule has 23 heavy (non-hydrogen) atoms. The normalized spacial score (nSPS) is 10.9. The number of para-hydroxylation sites is 2. The van der Waals surface area contributed by atoms with Crippen LogP contribution in [-0.2, 0) is 5.75 Å². The first-order chi connectivity index (χ1) is 11.2. The van der Waals surface area contributed by atoms with Crippen molar-refractivity contribution in [2.45, 2.75) is 30.8 Å². The quantitative estimate of drug-likeness (QED) is 0.602. The van der Waals surface area contributed by atoms with Crippen LogP contribution < -0.4 is 4.74 Å². The van der Waals surface area contributed by atoms with Crippen LogP contribution in [0.15, 0.2) is 66.1 Å². The van der Waals surface area contributed by atoms with Gasteiger partial charge in [-0.15, -0.1) is 10.2 Å². The van der Waals surface area contributed by atoms with Crippen LogP contribution in [0.4, 0.5) is 0 Å². The van der Waals surface area contributed by atoms with E-state index in [9.17, 15) is 0 Å². The van der Waals surface area contributed by atoms with Crippen molar-refractivity contribution in [3.05, 3.63) is 66.5 Å². The van der Waals surface area contributed by atoms with Gasteiger partial charge in [0, 0.05) is 17.4 Å². The maximum atomic E-state index is 6.00. The van der Waals surface area contributed by atoms with Crippen molar-refractivity contribution in [3.8, 4) is 11.5 Å². The lowest BCUT2D eigenvalue weighted by atomic mass is 10.2. The Morgan fingerprint density at radius 3 is 2.57 bits per heavy atom. The van der Waals surface area contributed by atoms with Crippen LogP contribution in [0.1, 0.15) is 25.5 Å². The molecule has 0 aliphatic heterocycles. The van der Waals surface area contributed by atoms with E-state index in [-0.39, 0.29) is 0 Å². The fourth-order valence-electron chi connectivity index (χ4n) is 2.17. The molecule has 118 valence electrons. The zero-order valence-corrected chi connectivity index (χ0v) is 14.0. The summed E-state index contributed by atoms with van der Waals surface area (Å²) in [5, 5.41) is 9.13. The molecule has 0 aliphatic rings. The lowest BCUT2D eigenvalue weighted by Crippen LogP contribution is -2.01. The maximum Gasteiger partial charge on any atom is 0.191 e. The van der Waals surface area contributed by atoms with Crippen LogP contribution >= 0.6 is 11.8 Å². The lowest BCUT2D eigenvalue weighted by Gasteiger charge is -2.12. The molecule has 0 N–H and O–H groups in total. The highest BCUT2D eigenvalue weighted by Gasteiger charge is 2.10. The third-order valence-electron chi connectivity index (χ3n) is 3.40. The molecule has 0 radical (unpaired) electrons. The molecule has 3 rings (SSSR count). The summed E-state index contributed by atoms with van der Waals surface area (Å²) in [5.74, 6) is 2.51. The molecular formula is C18H19N3OS. The Hall–Kier alpha value is -2.27. The number of hydrogen-bond donors (Lipinski definition) is 0. The van der Waals surface area contributed by atoms with E-state index in [2.05, 4.69) is 34.7 Å². The second kappa shape index (κ2) is 7.33. The molecule has 0 aliphatic carbocycles. The number of nitrogens with zero attached hydrogens (tertiary/aromatic N) is 3. The first kappa shape index (κ1) is 15.6. The summed E-state index contributed by atoms with van der Waals surface area (Å²) in [7, 11) is 0. The molecule has 0 saturated carbocycles. The summed E-state index contributed by atoms with van der Waals surface area (Å²) < 4.78 is 8.08. The zero-order chi connectivity index (χ0) is 16.1. The smallest absolute Gasteiger partial charge is 0.191 e. The fourth-order valence-corrected chi connectivity index (χ4v) is 3.20. The molecular weight excluding hydrogens is 306 g/mol. The van der Waals surface area contributed by atoms with Crippen molar-refractivity contribution in [1.82, 2.24) is 14.8 Å². The summed E-state index contributed by atoms with van der Waals surface area (Å²) in [6, 6.07) is 18.3. The zero-order valence-electron chi connectivity index (χ0n) is 13.2. The van der Waals surface area contributed by atoms with Gasteiger partial charge in [-0.25, -0.2) is 0 Å². The molecule has 3 aromatic rings. The van der Waals surface area contributed by atoms with E-state index in [1.54, 1.807) is 18.1 Å². The standard InChI is InChI=1S/C18H19N3OS/c1-14(2)21-13-19-20-18(21)23-12-15-8-6-7-11-17(15)22-16-9-4-3-5-10-16/h3-11,13-14H,12H2,1-2H3. The van der Waals surface area contributed by atoms with Gasteiger partial charge in [0.25, 0.3) is 0 Å². The van der Waals surface area contributed by atoms with E-state index in [4.69, 9.17) is 4.74 Å². The van der Waals surface area contributed by atoms with Crippen LogP contribution in [0.25, 0.3) is 0 Å². The largest absolute Gasteiger partial charge is 0.457 e. The molecule has 0 spiro atoms. The summed E-state index contributed by atoms with van der Waals surface area (Å²) in [6.45, 7) is 4.25. The summed E-state index contributed by atoms with van der Waals surface area (Å²) in [4.78, 5) is 0. The van der Waals surface area contributed by atoms with E-state index >= 15 is 0 Å². The Labute approximate surface area is 140 Å². The van der Waals surface area contributed by atoms with Crippen LogP contribution in [0.2, 0.25) is 0 Å². The molecule has 0 bridgehead atoms. The van der Waals surface area contributed by atoms with Crippen LogP contribution in [0.5, 0.6) is 11.5 Å². The molecule has 0 saturated heterocycles. The van der Waals surface area contributed by atoms with Gasteiger partial charge in [-0.05, 0) is 32.0 Å². The van der Waals surface area contributed by atoms with Crippen molar-refractivity contribution in [2.75, 3.05) is 0 Å². The number of thioether (sulfide) groups is 1. The number of benzene rings is 2. The molecule has 1 heterocycles. The number of rotatable bonds is 6. The minimum atomic E-state index is 0.350. The highest BCUT2D eigenvalue weighted by molar-refractivity contribution is 7.98. The van der Waals surface area contributed by atoms with E-state index in [0.29, 0.717) is 6.04 Å². The average Bonchev–Trinajstić information content (AvgIpc) is 3.04. The average molecular weight is 325 g/mol. The van der Waals surface area contributed by atoms with E-state index in [0.717, 1.165) is 28.0 Å². The second-order valence-corrected chi connectivity index (χ2v) is 6.37. The third-order valence-corrected chi connectivity index (χ3v) is 4.40. The molecule has 0 unspecified atom stereocenters. The number of hydrogen-bond acceptors (Lipinski definition) is 4. The van der Waals surface area contributed by atoms with Gasteiger partial charge in [0.1, 0.15) is 17.8 Å². The van der Waals surface area contributed by atoms with Gasteiger partial charge in [0.2, 0.25) is 0 Å². The van der Waals surface area contributed by atoms with Crippen LogP contribution in [0, 0.1) is 0 Å². The molecule has 4 nitrogen and oxygen atoms in total. The molecule has 1 aromatic heterocycles. The SMILES string of the molecule is CC(C)n1cnnc1SCc1ccccc1Oc1ccccc1. The Morgan fingerprint density at radius 1 is 1.04 bits per heavy atom. The molecule has 0 atom stereocenters. The van der Waals surface area contributed by atoms with Gasteiger partial charge in [-0.3, -0.25) is 0 Å². The maximum absolute atomic E-state index is 6.00. The topological polar surface area (TPSA) is 39.9 Å². The monoisotopic (exact) mass is 325 g/mol. The minimum absolute atomic E-state index is 0.350. The van der Waals surface area contributed by atoms with Crippen molar-refractivity contribution < 1.29 is 4.74 Å². The lowest BCUT2D eigenvalue weighted by molar-refractivity contribution is 0.478. The minimum Gasteiger partial charge on any atom is -0.457 e. The predicted octanol–water partition coefficient (Wildman–Crippen LogP) is 4.94. The Bertz CT molecular complexity index is 756. The molecule has 5 heteroatoms. The second-order valence-electron chi connectivity index (χ2n) is 5.43. The summed E-state index contributed by atoms with van der Waals surface area (Å²) in [6.07, 6.45) is 1.78. The van der Waals surface area contributed by atoms with Crippen molar-refractivity contribution in [1.29, 1.82) is 0 Å². The van der Waals surface area contributed by atoms with Crippen molar-refractivity contribution in [3.63, 3.8) is 0 Å². The van der Waals surface area contributed by atoms with Gasteiger partial charge in [-0.2, -0.15) is 0 Å². The Morgan fingerprint density at radius 2 is 1.78 bits per heavy atom. The first-order valence-corrected chi connectivity index (χ1v) is 8.55. The number of aromatic nitrogens is 3. The van der Waals surface area contributed by atoms with E-state index < -0.39 is 0 Å². The molecule has 0 fully saturated rings. The van der Waals surface area contributed by atoms with Gasteiger partial charge in [0.05, 0.1) is 0 Å². The van der Waals surface area contributed by atoms with Crippen LogP contribution in [0.3, 0.4) is 0 Å². The van der Waals surface area contributed by atoms with E-state index in [1.807, 2.05) is 48.5 Å². The van der Waals surface area contributed by atoms with Crippen molar-refractivity contribution >= 4 is 11.8 Å². The summed E-state index contributed by atoms with van der Waals surface area (Å²) in [5.41, 5.74) is 1.14. The Kier molecular flexibility index (Phi) is 4.98. The molecule has 0 amide bonds. The van der Waals surface area contributed by atoms with Crippen molar-refractivity contribution in [2.24, 2.45) is 0 Å².